The van der Waals surface area contributed by atoms with E-state index in [0.29, 0.717) is 5.76 Å². The van der Waals surface area contributed by atoms with E-state index in [4.69, 9.17) is 10.2 Å². The lowest BCUT2D eigenvalue weighted by molar-refractivity contribution is -0.175. The van der Waals surface area contributed by atoms with Gasteiger partial charge in [0.05, 0.1) is 6.61 Å². The summed E-state index contributed by atoms with van der Waals surface area (Å²) in [6.07, 6.45) is 0. The minimum Gasteiger partial charge on any atom is -0.464 e. The zero-order valence-corrected chi connectivity index (χ0v) is 9.00. The Morgan fingerprint density at radius 2 is 2.25 bits per heavy atom. The first-order valence-electron chi connectivity index (χ1n) is 4.76. The standard InChI is InChI=1S/C10H13F2NO3/c1-3-15-9(14)10(11,12)8(13)7-5-4-6(2)16-7/h4-5,8H,3,13H2,1-2H3/t8-/m1/s1. The Hall–Kier alpha value is -1.43. The normalized spacial score (nSPS) is 13.6. The molecule has 0 radical (unpaired) electrons. The second kappa shape index (κ2) is 4.61. The maximum atomic E-state index is 13.4. The van der Waals surface area contributed by atoms with E-state index in [1.165, 1.54) is 19.1 Å². The maximum absolute atomic E-state index is 13.4. The summed E-state index contributed by atoms with van der Waals surface area (Å²) in [6, 6.07) is 0.976. The van der Waals surface area contributed by atoms with E-state index in [-0.39, 0.29) is 12.4 Å². The number of hydrogen-bond donors (Lipinski definition) is 1. The van der Waals surface area contributed by atoms with Crippen LogP contribution in [0.4, 0.5) is 8.78 Å². The van der Waals surface area contributed by atoms with Crippen LogP contribution >= 0.6 is 0 Å². The molecule has 1 rings (SSSR count). The van der Waals surface area contributed by atoms with E-state index in [0.717, 1.165) is 0 Å². The summed E-state index contributed by atoms with van der Waals surface area (Å²) < 4.78 is 36.1. The number of hydrogen-bond acceptors (Lipinski definition) is 4. The summed E-state index contributed by atoms with van der Waals surface area (Å²) in [5.74, 6) is -5.13. The van der Waals surface area contributed by atoms with Crippen LogP contribution in [0.1, 0.15) is 24.5 Å². The van der Waals surface area contributed by atoms with Crippen LogP contribution in [-0.2, 0) is 9.53 Å². The molecule has 1 heterocycles. The molecule has 0 saturated heterocycles. The fraction of sp³-hybridized carbons (Fsp3) is 0.500. The number of nitrogens with two attached hydrogens (primary N) is 1. The van der Waals surface area contributed by atoms with Crippen molar-refractivity contribution in [2.75, 3.05) is 6.61 Å². The molecule has 0 fully saturated rings. The summed E-state index contributed by atoms with van der Waals surface area (Å²) in [5, 5.41) is 0. The molecule has 4 nitrogen and oxygen atoms in total. The van der Waals surface area contributed by atoms with Crippen molar-refractivity contribution in [3.63, 3.8) is 0 Å². The molecule has 0 aliphatic rings. The smallest absolute Gasteiger partial charge is 0.379 e. The second-order valence-corrected chi connectivity index (χ2v) is 3.27. The van der Waals surface area contributed by atoms with Gasteiger partial charge in [0, 0.05) is 0 Å². The first-order chi connectivity index (χ1) is 7.39. The molecule has 0 saturated carbocycles. The number of alkyl halides is 2. The van der Waals surface area contributed by atoms with Gasteiger partial charge in [0.15, 0.2) is 0 Å². The third-order valence-corrected chi connectivity index (χ3v) is 2.01. The Bertz CT molecular complexity index is 376. The van der Waals surface area contributed by atoms with Crippen molar-refractivity contribution in [1.29, 1.82) is 0 Å². The average Bonchev–Trinajstić information content (AvgIpc) is 2.64. The minimum absolute atomic E-state index is 0.127. The van der Waals surface area contributed by atoms with Gasteiger partial charge in [0.2, 0.25) is 0 Å². The fourth-order valence-corrected chi connectivity index (χ4v) is 1.15. The summed E-state index contributed by atoms with van der Waals surface area (Å²) in [4.78, 5) is 11.0. The summed E-state index contributed by atoms with van der Waals surface area (Å²) in [6.45, 7) is 2.91. The van der Waals surface area contributed by atoms with Gasteiger partial charge >= 0.3 is 11.9 Å². The van der Waals surface area contributed by atoms with Crippen molar-refractivity contribution in [2.24, 2.45) is 5.73 Å². The van der Waals surface area contributed by atoms with Crippen LogP contribution in [0.25, 0.3) is 0 Å². The van der Waals surface area contributed by atoms with Crippen LogP contribution in [0.3, 0.4) is 0 Å². The number of ether oxygens (including phenoxy) is 1. The molecule has 1 aromatic rings. The molecule has 0 bridgehead atoms. The number of furan rings is 1. The van der Waals surface area contributed by atoms with Gasteiger partial charge in [0.25, 0.3) is 0 Å². The Labute approximate surface area is 91.4 Å². The van der Waals surface area contributed by atoms with Gasteiger partial charge in [-0.3, -0.25) is 0 Å². The molecule has 6 heteroatoms. The quantitative estimate of drug-likeness (QED) is 0.805. The molecular weight excluding hydrogens is 220 g/mol. The topological polar surface area (TPSA) is 65.5 Å². The van der Waals surface area contributed by atoms with E-state index in [9.17, 15) is 13.6 Å². The van der Waals surface area contributed by atoms with Crippen LogP contribution in [-0.4, -0.2) is 18.5 Å². The van der Waals surface area contributed by atoms with Gasteiger partial charge < -0.3 is 14.9 Å². The van der Waals surface area contributed by atoms with Crippen LogP contribution in [0, 0.1) is 6.92 Å². The lowest BCUT2D eigenvalue weighted by Crippen LogP contribution is -2.41. The number of carbonyl (C=O) groups excluding carboxylic acids is 1. The number of halogens is 2. The summed E-state index contributed by atoms with van der Waals surface area (Å²) in [7, 11) is 0. The molecule has 1 aromatic heterocycles. The Kier molecular flexibility index (Phi) is 3.64. The summed E-state index contributed by atoms with van der Waals surface area (Å²) in [5.41, 5.74) is 5.27. The number of rotatable bonds is 4. The molecule has 90 valence electrons. The largest absolute Gasteiger partial charge is 0.464 e. The van der Waals surface area contributed by atoms with Gasteiger partial charge in [-0.05, 0) is 26.0 Å². The zero-order chi connectivity index (χ0) is 12.3. The highest BCUT2D eigenvalue weighted by atomic mass is 19.3. The minimum atomic E-state index is -3.79. The van der Waals surface area contributed by atoms with Gasteiger partial charge in [-0.1, -0.05) is 0 Å². The molecule has 0 amide bonds. The SMILES string of the molecule is CCOC(=O)C(F)(F)[C@H](N)c1ccc(C)o1. The van der Waals surface area contributed by atoms with Gasteiger partial charge in [-0.15, -0.1) is 0 Å². The predicted molar refractivity (Wildman–Crippen MR) is 52.0 cm³/mol. The highest BCUT2D eigenvalue weighted by Crippen LogP contribution is 2.31. The van der Waals surface area contributed by atoms with E-state index in [1.54, 1.807) is 6.92 Å². The van der Waals surface area contributed by atoms with Crippen LogP contribution < -0.4 is 5.73 Å². The number of aryl methyl sites for hydroxylation is 1. The predicted octanol–water partition coefficient (Wildman–Crippen LogP) is 1.79. The molecule has 0 aliphatic carbocycles. The van der Waals surface area contributed by atoms with Crippen molar-refractivity contribution in [2.45, 2.75) is 25.8 Å². The van der Waals surface area contributed by atoms with Crippen molar-refractivity contribution in [1.82, 2.24) is 0 Å². The molecule has 0 spiro atoms. The van der Waals surface area contributed by atoms with E-state index < -0.39 is 17.9 Å². The summed E-state index contributed by atoms with van der Waals surface area (Å²) >= 11 is 0. The van der Waals surface area contributed by atoms with Crippen molar-refractivity contribution in [3.05, 3.63) is 23.7 Å². The molecule has 1 atom stereocenters. The highest BCUT2D eigenvalue weighted by molar-refractivity contribution is 5.78. The second-order valence-electron chi connectivity index (χ2n) is 3.27. The lowest BCUT2D eigenvalue weighted by Gasteiger charge is -2.19. The molecular formula is C10H13F2NO3. The van der Waals surface area contributed by atoms with Crippen molar-refractivity contribution in [3.8, 4) is 0 Å². The van der Waals surface area contributed by atoms with E-state index >= 15 is 0 Å². The Morgan fingerprint density at radius 3 is 2.69 bits per heavy atom. The molecule has 16 heavy (non-hydrogen) atoms. The maximum Gasteiger partial charge on any atom is 0.379 e. The van der Waals surface area contributed by atoms with Crippen molar-refractivity contribution >= 4 is 5.97 Å². The Balaban J connectivity index is 2.87. The van der Waals surface area contributed by atoms with E-state index in [1.807, 2.05) is 0 Å². The molecule has 2 N–H and O–H groups in total. The first kappa shape index (κ1) is 12.6. The van der Waals surface area contributed by atoms with Crippen LogP contribution in [0.5, 0.6) is 0 Å². The molecule has 0 unspecified atom stereocenters. The van der Waals surface area contributed by atoms with Gasteiger partial charge in [-0.25, -0.2) is 4.79 Å². The van der Waals surface area contributed by atoms with Crippen LogP contribution in [0.2, 0.25) is 0 Å². The first-order valence-corrected chi connectivity index (χ1v) is 4.76. The third kappa shape index (κ3) is 2.38. The molecule has 0 aromatic carbocycles. The number of esters is 1. The lowest BCUT2D eigenvalue weighted by atomic mass is 10.1. The monoisotopic (exact) mass is 233 g/mol. The third-order valence-electron chi connectivity index (χ3n) is 2.01. The highest BCUT2D eigenvalue weighted by Gasteiger charge is 2.49. The average molecular weight is 233 g/mol. The Morgan fingerprint density at radius 1 is 1.62 bits per heavy atom. The molecule has 0 aliphatic heterocycles. The number of carbonyl (C=O) groups is 1. The zero-order valence-electron chi connectivity index (χ0n) is 9.00. The van der Waals surface area contributed by atoms with Gasteiger partial charge in [0.1, 0.15) is 17.6 Å². The van der Waals surface area contributed by atoms with Crippen molar-refractivity contribution < 1.29 is 22.7 Å². The van der Waals surface area contributed by atoms with Crippen LogP contribution in [0.15, 0.2) is 16.5 Å². The fourth-order valence-electron chi connectivity index (χ4n) is 1.15. The van der Waals surface area contributed by atoms with Gasteiger partial charge in [-0.2, -0.15) is 8.78 Å². The van der Waals surface area contributed by atoms with E-state index in [2.05, 4.69) is 4.74 Å².